The van der Waals surface area contributed by atoms with Gasteiger partial charge >= 0.3 is 0 Å². The number of benzene rings is 5. The minimum atomic E-state index is -0.236. The third kappa shape index (κ3) is 3.72. The minimum Gasteiger partial charge on any atom is -0.457 e. The predicted molar refractivity (Wildman–Crippen MR) is 187 cm³/mol. The molecule has 47 heavy (non-hydrogen) atoms. The van der Waals surface area contributed by atoms with Crippen LogP contribution >= 0.6 is 0 Å². The van der Waals surface area contributed by atoms with Gasteiger partial charge in [0.25, 0.3) is 0 Å². The molecule has 0 fully saturated rings. The average Bonchev–Trinajstić information content (AvgIpc) is 3.72. The lowest BCUT2D eigenvalue weighted by Gasteiger charge is -2.34. The number of rotatable bonds is 3. The molecular weight excluding hydrogens is 580 g/mol. The number of nitrogens with zero attached hydrogens (tertiary/aromatic N) is 4. The van der Waals surface area contributed by atoms with E-state index in [4.69, 9.17) is 19.4 Å². The van der Waals surface area contributed by atoms with Gasteiger partial charge in [-0.05, 0) is 72.1 Å². The van der Waals surface area contributed by atoms with Gasteiger partial charge in [0.2, 0.25) is 0 Å². The zero-order chi connectivity index (χ0) is 31.3. The van der Waals surface area contributed by atoms with Crippen LogP contribution in [0.2, 0.25) is 0 Å². The fourth-order valence-electron chi connectivity index (χ4n) is 7.48. The standard InChI is InChI=1S/C41H28N4O2/c1-41(2)33-13-4-6-15-37(33)47-38-23-31-30-12-8-18-42-40(30)45(36(31)24-34(38)41)25-9-7-10-26(21-25)46-27-16-17-28-29-11-3-5-14-35(29)44-20-19-43-39(44)32(28)22-27/h3-24H,1-2H3. The van der Waals surface area contributed by atoms with E-state index in [0.29, 0.717) is 0 Å². The van der Waals surface area contributed by atoms with E-state index in [0.717, 1.165) is 78.1 Å². The first-order valence-electron chi connectivity index (χ1n) is 15.8. The Balaban J connectivity index is 1.11. The lowest BCUT2D eigenvalue weighted by atomic mass is 9.75. The zero-order valence-electron chi connectivity index (χ0n) is 25.8. The van der Waals surface area contributed by atoms with Crippen molar-refractivity contribution < 1.29 is 9.47 Å². The Morgan fingerprint density at radius 1 is 0.574 bits per heavy atom. The summed E-state index contributed by atoms with van der Waals surface area (Å²) in [6.07, 6.45) is 5.71. The molecule has 0 unspecified atom stereocenters. The lowest BCUT2D eigenvalue weighted by molar-refractivity contribution is 0.419. The third-order valence-corrected chi connectivity index (χ3v) is 9.72. The molecule has 0 bridgehead atoms. The highest BCUT2D eigenvalue weighted by Crippen LogP contribution is 2.50. The van der Waals surface area contributed by atoms with Gasteiger partial charge in [0.1, 0.15) is 34.3 Å². The van der Waals surface area contributed by atoms with Gasteiger partial charge in [-0.25, -0.2) is 9.97 Å². The summed E-state index contributed by atoms with van der Waals surface area (Å²) >= 11 is 0. The molecular formula is C41H28N4O2. The number of fused-ring (bicyclic) bond motifs is 11. The van der Waals surface area contributed by atoms with Gasteiger partial charge in [-0.1, -0.05) is 56.3 Å². The number of ether oxygens (including phenoxy) is 2. The van der Waals surface area contributed by atoms with Crippen LogP contribution in [-0.4, -0.2) is 18.9 Å². The van der Waals surface area contributed by atoms with Crippen molar-refractivity contribution in [3.8, 4) is 28.7 Å². The van der Waals surface area contributed by atoms with Crippen molar-refractivity contribution in [3.05, 3.63) is 145 Å². The number of imidazole rings is 1. The van der Waals surface area contributed by atoms with E-state index in [9.17, 15) is 0 Å². The normalized spacial score (nSPS) is 13.7. The molecule has 6 nitrogen and oxygen atoms in total. The van der Waals surface area contributed by atoms with E-state index in [1.165, 1.54) is 10.9 Å². The molecule has 0 N–H and O–H groups in total. The Morgan fingerprint density at radius 3 is 2.36 bits per heavy atom. The van der Waals surface area contributed by atoms with E-state index < -0.39 is 0 Å². The van der Waals surface area contributed by atoms with Crippen LogP contribution < -0.4 is 9.47 Å². The summed E-state index contributed by atoms with van der Waals surface area (Å²) in [6.45, 7) is 4.53. The zero-order valence-corrected chi connectivity index (χ0v) is 25.8. The Bertz CT molecular complexity index is 2740. The molecule has 5 aromatic carbocycles. The first-order valence-corrected chi connectivity index (χ1v) is 15.8. The molecule has 0 atom stereocenters. The Kier molecular flexibility index (Phi) is 5.24. The molecule has 5 heterocycles. The van der Waals surface area contributed by atoms with Crippen molar-refractivity contribution >= 4 is 49.3 Å². The molecule has 224 valence electrons. The molecule has 0 saturated heterocycles. The van der Waals surface area contributed by atoms with Crippen LogP contribution in [0.15, 0.2) is 134 Å². The maximum atomic E-state index is 6.56. The molecule has 0 radical (unpaired) electrons. The molecule has 0 saturated carbocycles. The fourth-order valence-corrected chi connectivity index (χ4v) is 7.48. The van der Waals surface area contributed by atoms with Gasteiger partial charge < -0.3 is 9.47 Å². The summed E-state index contributed by atoms with van der Waals surface area (Å²) in [5.41, 5.74) is 7.06. The van der Waals surface area contributed by atoms with E-state index in [1.54, 1.807) is 0 Å². The summed E-state index contributed by atoms with van der Waals surface area (Å²) in [6, 6.07) is 39.8. The summed E-state index contributed by atoms with van der Waals surface area (Å²) in [4.78, 5) is 9.56. The monoisotopic (exact) mass is 608 g/mol. The van der Waals surface area contributed by atoms with Crippen LogP contribution in [0.25, 0.3) is 54.9 Å². The smallest absolute Gasteiger partial charge is 0.145 e. The largest absolute Gasteiger partial charge is 0.457 e. The Morgan fingerprint density at radius 2 is 1.40 bits per heavy atom. The second-order valence-corrected chi connectivity index (χ2v) is 12.7. The fraction of sp³-hybridized carbons (Fsp3) is 0.0732. The van der Waals surface area contributed by atoms with Gasteiger partial charge in [0.05, 0.1) is 16.7 Å². The number of hydrogen-bond donors (Lipinski definition) is 0. The number of hydrogen-bond acceptors (Lipinski definition) is 4. The molecule has 6 heteroatoms. The minimum absolute atomic E-state index is 0.236. The summed E-state index contributed by atoms with van der Waals surface area (Å²) < 4.78 is 17.4. The molecule has 10 rings (SSSR count). The van der Waals surface area contributed by atoms with Crippen molar-refractivity contribution in [1.82, 2.24) is 18.9 Å². The molecule has 4 aromatic heterocycles. The van der Waals surface area contributed by atoms with Crippen molar-refractivity contribution in [2.24, 2.45) is 0 Å². The second-order valence-electron chi connectivity index (χ2n) is 12.7. The van der Waals surface area contributed by atoms with Crippen molar-refractivity contribution in [1.29, 1.82) is 0 Å². The van der Waals surface area contributed by atoms with E-state index in [-0.39, 0.29) is 5.41 Å². The first-order chi connectivity index (χ1) is 23.0. The van der Waals surface area contributed by atoms with E-state index in [1.807, 2.05) is 48.9 Å². The van der Waals surface area contributed by atoms with E-state index >= 15 is 0 Å². The van der Waals surface area contributed by atoms with Crippen LogP contribution in [-0.2, 0) is 5.41 Å². The van der Waals surface area contributed by atoms with Gasteiger partial charge in [-0.3, -0.25) is 8.97 Å². The quantitative estimate of drug-likeness (QED) is 0.187. The van der Waals surface area contributed by atoms with Crippen LogP contribution in [0, 0.1) is 0 Å². The number of aromatic nitrogens is 4. The molecule has 1 aliphatic rings. The summed E-state index contributed by atoms with van der Waals surface area (Å²) in [5, 5.41) is 5.54. The SMILES string of the molecule is CC1(C)c2ccccc2Oc2cc3c4cccnc4n(-c4cccc(Oc5ccc6c7ccccc7n7ccnc7c6c5)c4)c3cc21. The molecule has 0 amide bonds. The summed E-state index contributed by atoms with van der Waals surface area (Å²) in [7, 11) is 0. The third-order valence-electron chi connectivity index (χ3n) is 9.72. The number of para-hydroxylation sites is 2. The molecule has 0 aliphatic carbocycles. The first kappa shape index (κ1) is 26.1. The van der Waals surface area contributed by atoms with Gasteiger partial charge in [-0.15, -0.1) is 0 Å². The topological polar surface area (TPSA) is 53.6 Å². The van der Waals surface area contributed by atoms with Gasteiger partial charge in [0, 0.05) is 62.7 Å². The predicted octanol–water partition coefficient (Wildman–Crippen LogP) is 10.4. The van der Waals surface area contributed by atoms with E-state index in [2.05, 4.69) is 108 Å². The highest BCUT2D eigenvalue weighted by molar-refractivity contribution is 6.12. The van der Waals surface area contributed by atoms with Crippen molar-refractivity contribution in [2.45, 2.75) is 19.3 Å². The molecule has 9 aromatic rings. The van der Waals surface area contributed by atoms with Gasteiger partial charge in [0.15, 0.2) is 0 Å². The Labute approximate surface area is 270 Å². The molecule has 0 spiro atoms. The second kappa shape index (κ2) is 9.44. The highest BCUT2D eigenvalue weighted by Gasteiger charge is 2.35. The van der Waals surface area contributed by atoms with Crippen molar-refractivity contribution in [2.75, 3.05) is 0 Å². The Hall–Kier alpha value is -6.14. The van der Waals surface area contributed by atoms with Gasteiger partial charge in [-0.2, -0.15) is 0 Å². The summed E-state index contributed by atoms with van der Waals surface area (Å²) in [5.74, 6) is 3.29. The van der Waals surface area contributed by atoms with Crippen LogP contribution in [0.3, 0.4) is 0 Å². The van der Waals surface area contributed by atoms with Crippen molar-refractivity contribution in [3.63, 3.8) is 0 Å². The van der Waals surface area contributed by atoms with Crippen LogP contribution in [0.4, 0.5) is 0 Å². The molecule has 1 aliphatic heterocycles. The highest BCUT2D eigenvalue weighted by atomic mass is 16.5. The average molecular weight is 609 g/mol. The van der Waals surface area contributed by atoms with Crippen LogP contribution in [0.5, 0.6) is 23.0 Å². The lowest BCUT2D eigenvalue weighted by Crippen LogP contribution is -2.24. The van der Waals surface area contributed by atoms with Crippen LogP contribution in [0.1, 0.15) is 25.0 Å². The number of pyridine rings is 2. The maximum Gasteiger partial charge on any atom is 0.145 e. The maximum absolute atomic E-state index is 6.56.